The summed E-state index contributed by atoms with van der Waals surface area (Å²) in [6.07, 6.45) is 1.71. The van der Waals surface area contributed by atoms with Gasteiger partial charge in [-0.05, 0) is 39.8 Å². The molecule has 1 aliphatic heterocycles. The highest BCUT2D eigenvalue weighted by Gasteiger charge is 2.43. The molecule has 3 nitrogen and oxygen atoms in total. The van der Waals surface area contributed by atoms with Gasteiger partial charge in [0.05, 0.1) is 12.2 Å². The number of hydrogen-bond donors (Lipinski definition) is 3. The van der Waals surface area contributed by atoms with Gasteiger partial charge in [0.1, 0.15) is 0 Å². The van der Waals surface area contributed by atoms with Crippen molar-refractivity contribution in [2.75, 3.05) is 19.7 Å². The van der Waals surface area contributed by atoms with Gasteiger partial charge in [-0.1, -0.05) is 0 Å². The maximum Gasteiger partial charge on any atom is 0.0670 e. The van der Waals surface area contributed by atoms with Gasteiger partial charge in [-0.15, -0.1) is 0 Å². The second kappa shape index (κ2) is 3.32. The third-order valence-corrected chi connectivity index (χ3v) is 3.16. The minimum Gasteiger partial charge on any atom is -0.396 e. The minimum atomic E-state index is -0.774. The van der Waals surface area contributed by atoms with Crippen LogP contribution in [0.15, 0.2) is 0 Å². The van der Waals surface area contributed by atoms with Crippen molar-refractivity contribution < 1.29 is 10.2 Å². The Morgan fingerprint density at radius 3 is 2.08 bits per heavy atom. The average molecular weight is 173 g/mol. The van der Waals surface area contributed by atoms with Crippen molar-refractivity contribution in [1.82, 2.24) is 5.32 Å². The molecule has 1 aliphatic rings. The Bertz CT molecular complexity index is 145. The van der Waals surface area contributed by atoms with Gasteiger partial charge in [0.15, 0.2) is 0 Å². The van der Waals surface area contributed by atoms with Crippen LogP contribution in [0, 0.1) is 5.41 Å². The quantitative estimate of drug-likeness (QED) is 0.556. The van der Waals surface area contributed by atoms with Crippen LogP contribution in [-0.4, -0.2) is 35.5 Å². The predicted octanol–water partition coefficient (Wildman–Crippen LogP) is 0.119. The van der Waals surface area contributed by atoms with Gasteiger partial charge in [0.2, 0.25) is 0 Å². The van der Waals surface area contributed by atoms with Gasteiger partial charge in [0.25, 0.3) is 0 Å². The van der Waals surface area contributed by atoms with Crippen molar-refractivity contribution in [1.29, 1.82) is 0 Å². The molecule has 1 saturated heterocycles. The van der Waals surface area contributed by atoms with E-state index in [1.165, 1.54) is 0 Å². The molecular formula is C9H19NO2. The monoisotopic (exact) mass is 173 g/mol. The van der Waals surface area contributed by atoms with E-state index in [0.717, 1.165) is 25.9 Å². The topological polar surface area (TPSA) is 52.5 Å². The standard InChI is InChI=1S/C9H19NO2/c1-8(2,12)9(7-11)3-5-10-6-4-9/h10-12H,3-7H2,1-2H3. The fourth-order valence-electron chi connectivity index (χ4n) is 1.87. The van der Waals surface area contributed by atoms with Crippen molar-refractivity contribution in [2.24, 2.45) is 5.41 Å². The molecule has 72 valence electrons. The van der Waals surface area contributed by atoms with Crippen LogP contribution < -0.4 is 5.32 Å². The van der Waals surface area contributed by atoms with Crippen molar-refractivity contribution in [3.05, 3.63) is 0 Å². The second-order valence-corrected chi connectivity index (χ2v) is 4.25. The summed E-state index contributed by atoms with van der Waals surface area (Å²) in [4.78, 5) is 0. The van der Waals surface area contributed by atoms with Crippen LogP contribution in [0.3, 0.4) is 0 Å². The number of piperidine rings is 1. The van der Waals surface area contributed by atoms with Gasteiger partial charge < -0.3 is 15.5 Å². The lowest BCUT2D eigenvalue weighted by Crippen LogP contribution is -2.52. The van der Waals surface area contributed by atoms with Crippen LogP contribution in [-0.2, 0) is 0 Å². The first-order chi connectivity index (χ1) is 5.52. The van der Waals surface area contributed by atoms with Crippen molar-refractivity contribution in [3.8, 4) is 0 Å². The molecule has 1 heterocycles. The molecule has 3 heteroatoms. The lowest BCUT2D eigenvalue weighted by molar-refractivity contribution is -0.0998. The Morgan fingerprint density at radius 2 is 1.83 bits per heavy atom. The summed E-state index contributed by atoms with van der Waals surface area (Å²) in [6.45, 7) is 5.44. The third-order valence-electron chi connectivity index (χ3n) is 3.16. The highest BCUT2D eigenvalue weighted by atomic mass is 16.3. The zero-order valence-corrected chi connectivity index (χ0v) is 7.93. The fourth-order valence-corrected chi connectivity index (χ4v) is 1.87. The Kier molecular flexibility index (Phi) is 2.76. The normalized spacial score (nSPS) is 24.0. The molecule has 0 spiro atoms. The SMILES string of the molecule is CC(C)(O)C1(CO)CCNCC1. The zero-order valence-electron chi connectivity index (χ0n) is 7.93. The molecule has 0 aromatic carbocycles. The second-order valence-electron chi connectivity index (χ2n) is 4.25. The molecule has 12 heavy (non-hydrogen) atoms. The number of aliphatic hydroxyl groups is 2. The van der Waals surface area contributed by atoms with Gasteiger partial charge in [-0.2, -0.15) is 0 Å². The molecular weight excluding hydrogens is 154 g/mol. The molecule has 0 amide bonds. The van der Waals surface area contributed by atoms with Crippen molar-refractivity contribution in [3.63, 3.8) is 0 Å². The number of aliphatic hydroxyl groups excluding tert-OH is 1. The van der Waals surface area contributed by atoms with Gasteiger partial charge in [-0.3, -0.25) is 0 Å². The minimum absolute atomic E-state index is 0.0815. The van der Waals surface area contributed by atoms with E-state index >= 15 is 0 Å². The Balaban J connectivity index is 2.73. The largest absolute Gasteiger partial charge is 0.396 e. The molecule has 3 N–H and O–H groups in total. The maximum atomic E-state index is 9.91. The van der Waals surface area contributed by atoms with Crippen LogP contribution in [0.2, 0.25) is 0 Å². The first-order valence-electron chi connectivity index (χ1n) is 4.56. The van der Waals surface area contributed by atoms with Crippen molar-refractivity contribution >= 4 is 0 Å². The molecule has 1 fully saturated rings. The molecule has 0 saturated carbocycles. The molecule has 0 bridgehead atoms. The van der Waals surface area contributed by atoms with E-state index in [4.69, 9.17) is 0 Å². The summed E-state index contributed by atoms with van der Waals surface area (Å²) < 4.78 is 0. The van der Waals surface area contributed by atoms with Gasteiger partial charge >= 0.3 is 0 Å². The summed E-state index contributed by atoms with van der Waals surface area (Å²) in [6, 6.07) is 0. The Labute approximate surface area is 73.8 Å². The van der Waals surface area contributed by atoms with E-state index in [1.54, 1.807) is 13.8 Å². The Hall–Kier alpha value is -0.120. The first-order valence-corrected chi connectivity index (χ1v) is 4.56. The molecule has 0 aliphatic carbocycles. The van der Waals surface area contributed by atoms with Crippen LogP contribution in [0.4, 0.5) is 0 Å². The molecule has 0 unspecified atom stereocenters. The number of hydrogen-bond acceptors (Lipinski definition) is 3. The lowest BCUT2D eigenvalue weighted by Gasteiger charge is -2.45. The summed E-state index contributed by atoms with van der Waals surface area (Å²) in [5.41, 5.74) is -1.07. The maximum absolute atomic E-state index is 9.91. The predicted molar refractivity (Wildman–Crippen MR) is 47.9 cm³/mol. The zero-order chi connectivity index (χ0) is 9.24. The highest BCUT2D eigenvalue weighted by Crippen LogP contribution is 2.38. The van der Waals surface area contributed by atoms with Gasteiger partial charge in [0, 0.05) is 5.41 Å². The van der Waals surface area contributed by atoms with Crippen LogP contribution >= 0.6 is 0 Å². The van der Waals surface area contributed by atoms with Crippen LogP contribution in [0.1, 0.15) is 26.7 Å². The fraction of sp³-hybridized carbons (Fsp3) is 1.00. The molecule has 0 atom stereocenters. The smallest absolute Gasteiger partial charge is 0.0670 e. The van der Waals surface area contributed by atoms with E-state index in [9.17, 15) is 10.2 Å². The Morgan fingerprint density at radius 1 is 1.33 bits per heavy atom. The third kappa shape index (κ3) is 1.63. The molecule has 0 aromatic heterocycles. The van der Waals surface area contributed by atoms with E-state index in [-0.39, 0.29) is 12.0 Å². The number of rotatable bonds is 2. The lowest BCUT2D eigenvalue weighted by atomic mass is 9.68. The van der Waals surface area contributed by atoms with Crippen molar-refractivity contribution in [2.45, 2.75) is 32.3 Å². The van der Waals surface area contributed by atoms with Gasteiger partial charge in [-0.25, -0.2) is 0 Å². The summed E-state index contributed by atoms with van der Waals surface area (Å²) in [5.74, 6) is 0. The summed E-state index contributed by atoms with van der Waals surface area (Å²) >= 11 is 0. The number of nitrogens with one attached hydrogen (secondary N) is 1. The summed E-state index contributed by atoms with van der Waals surface area (Å²) in [5, 5.41) is 22.4. The van der Waals surface area contributed by atoms with E-state index in [0.29, 0.717) is 0 Å². The van der Waals surface area contributed by atoms with Crippen LogP contribution in [0.25, 0.3) is 0 Å². The molecule has 0 aromatic rings. The highest BCUT2D eigenvalue weighted by molar-refractivity contribution is 4.95. The van der Waals surface area contributed by atoms with Crippen LogP contribution in [0.5, 0.6) is 0 Å². The van der Waals surface area contributed by atoms with E-state index < -0.39 is 5.60 Å². The van der Waals surface area contributed by atoms with E-state index in [1.807, 2.05) is 0 Å². The molecule has 0 radical (unpaired) electrons. The average Bonchev–Trinajstić information content (AvgIpc) is 2.04. The van der Waals surface area contributed by atoms with E-state index in [2.05, 4.69) is 5.32 Å². The molecule has 1 rings (SSSR count). The summed E-state index contributed by atoms with van der Waals surface area (Å²) in [7, 11) is 0. The first kappa shape index (κ1) is 9.96.